The first-order valence-electron chi connectivity index (χ1n) is 8.23. The number of nitrogens with zero attached hydrogens (tertiary/aromatic N) is 3. The summed E-state index contributed by atoms with van der Waals surface area (Å²) in [6.45, 7) is 4.91. The first kappa shape index (κ1) is 18.6. The number of urea groups is 1. The van der Waals surface area contributed by atoms with Gasteiger partial charge >= 0.3 is 6.03 Å². The Kier molecular flexibility index (Phi) is 6.62. The monoisotopic (exact) mass is 347 g/mol. The second kappa shape index (κ2) is 8.91. The zero-order chi connectivity index (χ0) is 18.2. The predicted molar refractivity (Wildman–Crippen MR) is 93.6 cm³/mol. The minimum atomic E-state index is -0.277. The van der Waals surface area contributed by atoms with E-state index in [4.69, 9.17) is 9.47 Å². The summed E-state index contributed by atoms with van der Waals surface area (Å²) < 4.78 is 12.7. The van der Waals surface area contributed by atoms with Gasteiger partial charge in [-0.3, -0.25) is 0 Å². The number of benzene rings is 1. The molecule has 1 unspecified atom stereocenters. The third kappa shape index (κ3) is 5.10. The number of nitrogens with one attached hydrogen (secondary N) is 2. The van der Waals surface area contributed by atoms with Crippen LogP contribution in [0.3, 0.4) is 0 Å². The second-order valence-electron chi connectivity index (χ2n) is 5.68. The molecule has 0 spiro atoms. The highest BCUT2D eigenvalue weighted by atomic mass is 16.5. The Balaban J connectivity index is 1.89. The average molecular weight is 347 g/mol. The molecule has 2 amide bonds. The molecule has 0 aliphatic carbocycles. The topological polar surface area (TPSA) is 90.3 Å². The molecule has 1 aromatic carbocycles. The standard InChI is InChI=1S/C17H25N5O3/c1-5-8-25-14-7-6-13(9-15(14)24-4)10-18-17(23)20-12(2)16-21-19-11-22(16)3/h6-7,9,11-12H,5,8,10H2,1-4H3,(H2,18,20,23). The number of methoxy groups -OCH3 is 1. The Bertz CT molecular complexity index is 701. The highest BCUT2D eigenvalue weighted by Crippen LogP contribution is 2.28. The largest absolute Gasteiger partial charge is 0.493 e. The molecular formula is C17H25N5O3. The normalized spacial score (nSPS) is 11.7. The van der Waals surface area contributed by atoms with Crippen molar-refractivity contribution in [2.24, 2.45) is 7.05 Å². The van der Waals surface area contributed by atoms with Crippen LogP contribution in [0.5, 0.6) is 11.5 Å². The Hall–Kier alpha value is -2.77. The smallest absolute Gasteiger partial charge is 0.315 e. The predicted octanol–water partition coefficient (Wildman–Crippen LogP) is 2.17. The van der Waals surface area contributed by atoms with Crippen LogP contribution in [0.25, 0.3) is 0 Å². The fourth-order valence-corrected chi connectivity index (χ4v) is 2.33. The molecule has 0 bridgehead atoms. The van der Waals surface area contributed by atoms with Crippen LogP contribution in [0.15, 0.2) is 24.5 Å². The lowest BCUT2D eigenvalue weighted by molar-refractivity contribution is 0.237. The van der Waals surface area contributed by atoms with E-state index in [0.29, 0.717) is 30.5 Å². The van der Waals surface area contributed by atoms with Crippen molar-refractivity contribution in [2.45, 2.75) is 32.9 Å². The fourth-order valence-electron chi connectivity index (χ4n) is 2.33. The van der Waals surface area contributed by atoms with Crippen LogP contribution in [0.4, 0.5) is 4.79 Å². The molecule has 25 heavy (non-hydrogen) atoms. The van der Waals surface area contributed by atoms with E-state index in [0.717, 1.165) is 12.0 Å². The average Bonchev–Trinajstić information content (AvgIpc) is 3.04. The Morgan fingerprint density at radius 2 is 2.16 bits per heavy atom. The molecule has 1 aromatic heterocycles. The number of aromatic nitrogens is 3. The van der Waals surface area contributed by atoms with Crippen LogP contribution in [0.2, 0.25) is 0 Å². The number of aryl methyl sites for hydroxylation is 1. The van der Waals surface area contributed by atoms with Crippen LogP contribution in [-0.4, -0.2) is 34.5 Å². The zero-order valence-corrected chi connectivity index (χ0v) is 15.1. The summed E-state index contributed by atoms with van der Waals surface area (Å²) >= 11 is 0. The van der Waals surface area contributed by atoms with Crippen molar-refractivity contribution in [3.05, 3.63) is 35.9 Å². The molecule has 0 aliphatic heterocycles. The summed E-state index contributed by atoms with van der Waals surface area (Å²) in [7, 11) is 3.43. The van der Waals surface area contributed by atoms with Gasteiger partial charge in [0.1, 0.15) is 6.33 Å². The Morgan fingerprint density at radius 1 is 1.36 bits per heavy atom. The molecule has 2 rings (SSSR count). The molecule has 1 heterocycles. The van der Waals surface area contributed by atoms with Gasteiger partial charge < -0.3 is 24.7 Å². The summed E-state index contributed by atoms with van der Waals surface area (Å²) in [5.41, 5.74) is 0.919. The van der Waals surface area contributed by atoms with E-state index in [2.05, 4.69) is 20.8 Å². The zero-order valence-electron chi connectivity index (χ0n) is 15.1. The summed E-state index contributed by atoms with van der Waals surface area (Å²) in [6, 6.07) is 5.09. The molecule has 0 saturated heterocycles. The number of hydrogen-bond acceptors (Lipinski definition) is 5. The van der Waals surface area contributed by atoms with E-state index < -0.39 is 0 Å². The maximum absolute atomic E-state index is 12.1. The van der Waals surface area contributed by atoms with E-state index in [-0.39, 0.29) is 12.1 Å². The lowest BCUT2D eigenvalue weighted by Crippen LogP contribution is -2.37. The molecule has 8 heteroatoms. The van der Waals surface area contributed by atoms with Crippen molar-refractivity contribution >= 4 is 6.03 Å². The highest BCUT2D eigenvalue weighted by molar-refractivity contribution is 5.74. The van der Waals surface area contributed by atoms with E-state index in [9.17, 15) is 4.79 Å². The maximum Gasteiger partial charge on any atom is 0.315 e. The van der Waals surface area contributed by atoms with Gasteiger partial charge in [-0.1, -0.05) is 13.0 Å². The Morgan fingerprint density at radius 3 is 2.80 bits per heavy atom. The molecule has 0 saturated carbocycles. The molecule has 1 atom stereocenters. The van der Waals surface area contributed by atoms with Gasteiger partial charge in [-0.25, -0.2) is 4.79 Å². The minimum absolute atomic E-state index is 0.244. The summed E-state index contributed by atoms with van der Waals surface area (Å²) in [5, 5.41) is 13.4. The first-order valence-corrected chi connectivity index (χ1v) is 8.23. The van der Waals surface area contributed by atoms with Gasteiger partial charge in [0, 0.05) is 13.6 Å². The molecular weight excluding hydrogens is 322 g/mol. The number of rotatable bonds is 8. The molecule has 2 N–H and O–H groups in total. The van der Waals surface area contributed by atoms with Crippen molar-refractivity contribution in [1.29, 1.82) is 0 Å². The van der Waals surface area contributed by atoms with Gasteiger partial charge in [0.2, 0.25) is 0 Å². The van der Waals surface area contributed by atoms with Crippen molar-refractivity contribution in [3.63, 3.8) is 0 Å². The molecule has 2 aromatic rings. The quantitative estimate of drug-likeness (QED) is 0.764. The molecule has 0 aliphatic rings. The highest BCUT2D eigenvalue weighted by Gasteiger charge is 2.14. The lowest BCUT2D eigenvalue weighted by Gasteiger charge is -2.15. The first-order chi connectivity index (χ1) is 12.0. The molecule has 136 valence electrons. The lowest BCUT2D eigenvalue weighted by atomic mass is 10.2. The number of carbonyl (C=O) groups is 1. The number of carbonyl (C=O) groups excluding carboxylic acids is 1. The Labute approximate surface area is 147 Å². The van der Waals surface area contributed by atoms with Gasteiger partial charge in [-0.05, 0) is 31.0 Å². The van der Waals surface area contributed by atoms with Crippen LogP contribution in [0.1, 0.15) is 37.7 Å². The van der Waals surface area contributed by atoms with Crippen molar-refractivity contribution in [3.8, 4) is 11.5 Å². The second-order valence-corrected chi connectivity index (χ2v) is 5.68. The molecule has 8 nitrogen and oxygen atoms in total. The van der Waals surface area contributed by atoms with Gasteiger partial charge in [0.05, 0.1) is 19.8 Å². The van der Waals surface area contributed by atoms with Crippen molar-refractivity contribution in [2.75, 3.05) is 13.7 Å². The number of ether oxygens (including phenoxy) is 2. The van der Waals surface area contributed by atoms with Crippen molar-refractivity contribution < 1.29 is 14.3 Å². The third-order valence-corrected chi connectivity index (χ3v) is 3.62. The van der Waals surface area contributed by atoms with Gasteiger partial charge in [-0.2, -0.15) is 0 Å². The van der Waals surface area contributed by atoms with E-state index in [1.54, 1.807) is 18.0 Å². The van der Waals surface area contributed by atoms with E-state index >= 15 is 0 Å². The third-order valence-electron chi connectivity index (χ3n) is 3.62. The summed E-state index contributed by atoms with van der Waals surface area (Å²) in [6.07, 6.45) is 2.52. The molecule has 0 radical (unpaired) electrons. The SMILES string of the molecule is CCCOc1ccc(CNC(=O)NC(C)c2nncn2C)cc1OC. The van der Waals surface area contributed by atoms with Crippen LogP contribution in [0, 0.1) is 0 Å². The number of amides is 2. The minimum Gasteiger partial charge on any atom is -0.493 e. The number of hydrogen-bond donors (Lipinski definition) is 2. The van der Waals surface area contributed by atoms with Gasteiger partial charge in [0.25, 0.3) is 0 Å². The molecule has 0 fully saturated rings. The van der Waals surface area contributed by atoms with Crippen LogP contribution >= 0.6 is 0 Å². The van der Waals surface area contributed by atoms with Crippen LogP contribution in [-0.2, 0) is 13.6 Å². The van der Waals surface area contributed by atoms with Gasteiger partial charge in [-0.15, -0.1) is 10.2 Å². The maximum atomic E-state index is 12.1. The summed E-state index contributed by atoms with van der Waals surface area (Å²) in [4.78, 5) is 12.1. The van der Waals surface area contributed by atoms with E-state index in [1.165, 1.54) is 0 Å². The van der Waals surface area contributed by atoms with Gasteiger partial charge in [0.15, 0.2) is 17.3 Å². The van der Waals surface area contributed by atoms with Crippen molar-refractivity contribution in [1.82, 2.24) is 25.4 Å². The fraction of sp³-hybridized carbons (Fsp3) is 0.471. The summed E-state index contributed by atoms with van der Waals surface area (Å²) in [5.74, 6) is 2.04. The van der Waals surface area contributed by atoms with E-state index in [1.807, 2.05) is 39.1 Å². The van der Waals surface area contributed by atoms with Crippen LogP contribution < -0.4 is 20.1 Å².